The van der Waals surface area contributed by atoms with Crippen molar-refractivity contribution in [2.45, 2.75) is 39.5 Å². The summed E-state index contributed by atoms with van der Waals surface area (Å²) < 4.78 is 0. The summed E-state index contributed by atoms with van der Waals surface area (Å²) >= 11 is 5.99. The van der Waals surface area contributed by atoms with Crippen LogP contribution in [0.2, 0.25) is 0 Å². The van der Waals surface area contributed by atoms with Crippen molar-refractivity contribution in [2.24, 2.45) is 5.41 Å². The van der Waals surface area contributed by atoms with E-state index in [9.17, 15) is 4.79 Å². The molecule has 0 heterocycles. The Labute approximate surface area is 79.7 Å². The molecule has 1 unspecified atom stereocenters. The number of halogens is 1. The minimum atomic E-state index is -0.0189. The molecule has 0 rings (SSSR count). The predicted octanol–water partition coefficient (Wildman–Crippen LogP) is 2.17. The number of amides is 1. The second-order valence-corrected chi connectivity index (χ2v) is 4.92. The van der Waals surface area contributed by atoms with Crippen LogP contribution in [0.3, 0.4) is 0 Å². The van der Waals surface area contributed by atoms with Crippen LogP contribution in [0.25, 0.3) is 0 Å². The van der Waals surface area contributed by atoms with Gasteiger partial charge in [-0.25, -0.2) is 0 Å². The van der Waals surface area contributed by atoms with Gasteiger partial charge in [-0.3, -0.25) is 4.79 Å². The lowest BCUT2D eigenvalue weighted by atomic mass is 9.90. The van der Waals surface area contributed by atoms with E-state index in [1.807, 2.05) is 0 Å². The second kappa shape index (κ2) is 4.70. The molecule has 0 aromatic heterocycles. The summed E-state index contributed by atoms with van der Waals surface area (Å²) in [7, 11) is 0. The fourth-order valence-corrected chi connectivity index (χ4v) is 1.53. The first-order chi connectivity index (χ1) is 5.31. The third-order valence-electron chi connectivity index (χ3n) is 1.41. The van der Waals surface area contributed by atoms with Crippen LogP contribution in [0.1, 0.15) is 34.1 Å². The van der Waals surface area contributed by atoms with Crippen LogP contribution < -0.4 is 5.32 Å². The molecule has 0 bridgehead atoms. The summed E-state index contributed by atoms with van der Waals surface area (Å²) in [5.41, 5.74) is 0.227. The van der Waals surface area contributed by atoms with E-state index in [4.69, 9.17) is 11.6 Å². The number of carbonyl (C=O) groups is 1. The number of hydrogen-bond donors (Lipinski definition) is 1. The normalized spacial score (nSPS) is 14.1. The van der Waals surface area contributed by atoms with Gasteiger partial charge in [0.25, 0.3) is 0 Å². The van der Waals surface area contributed by atoms with Crippen LogP contribution in [0.15, 0.2) is 0 Å². The third-order valence-corrected chi connectivity index (χ3v) is 1.71. The minimum absolute atomic E-state index is 0.0189. The Morgan fingerprint density at radius 1 is 1.50 bits per heavy atom. The topological polar surface area (TPSA) is 29.1 Å². The third kappa shape index (κ3) is 7.86. The Morgan fingerprint density at radius 2 is 2.00 bits per heavy atom. The summed E-state index contributed by atoms with van der Waals surface area (Å²) in [6.07, 6.45) is 0.912. The van der Waals surface area contributed by atoms with E-state index >= 15 is 0 Å². The summed E-state index contributed by atoms with van der Waals surface area (Å²) in [6, 6.07) is 0. The molecule has 0 aromatic rings. The smallest absolute Gasteiger partial charge is 0.216 e. The SMILES string of the molecule is CC(=O)NCC(Cl)CC(C)(C)C. The molecule has 1 N–H and O–H groups in total. The van der Waals surface area contributed by atoms with Crippen molar-refractivity contribution in [3.63, 3.8) is 0 Å². The Balaban J connectivity index is 3.60. The summed E-state index contributed by atoms with van der Waals surface area (Å²) in [4.78, 5) is 10.5. The van der Waals surface area contributed by atoms with Crippen LogP contribution in [0, 0.1) is 5.41 Å². The number of carbonyl (C=O) groups excluding carboxylic acids is 1. The standard InChI is InChI=1S/C9H18ClNO/c1-7(12)11-6-8(10)5-9(2,3)4/h8H,5-6H2,1-4H3,(H,11,12). The zero-order valence-electron chi connectivity index (χ0n) is 8.28. The van der Waals surface area contributed by atoms with Gasteiger partial charge < -0.3 is 5.32 Å². The maximum atomic E-state index is 10.5. The van der Waals surface area contributed by atoms with Crippen molar-refractivity contribution in [2.75, 3.05) is 6.54 Å². The zero-order valence-corrected chi connectivity index (χ0v) is 9.03. The minimum Gasteiger partial charge on any atom is -0.355 e. The first-order valence-corrected chi connectivity index (χ1v) is 4.63. The molecule has 1 amide bonds. The van der Waals surface area contributed by atoms with E-state index in [0.29, 0.717) is 6.54 Å². The Morgan fingerprint density at radius 3 is 2.33 bits per heavy atom. The lowest BCUT2D eigenvalue weighted by Gasteiger charge is -2.21. The van der Waals surface area contributed by atoms with Gasteiger partial charge in [0.05, 0.1) is 5.38 Å². The van der Waals surface area contributed by atoms with E-state index in [1.165, 1.54) is 6.92 Å². The van der Waals surface area contributed by atoms with E-state index in [1.54, 1.807) is 0 Å². The second-order valence-electron chi connectivity index (χ2n) is 4.30. The van der Waals surface area contributed by atoms with E-state index in [0.717, 1.165) is 6.42 Å². The van der Waals surface area contributed by atoms with Crippen molar-refractivity contribution < 1.29 is 4.79 Å². The van der Waals surface area contributed by atoms with Gasteiger partial charge in [-0.05, 0) is 11.8 Å². The van der Waals surface area contributed by atoms with Crippen LogP contribution in [0.5, 0.6) is 0 Å². The van der Waals surface area contributed by atoms with Gasteiger partial charge in [-0.1, -0.05) is 20.8 Å². The number of nitrogens with one attached hydrogen (secondary N) is 1. The van der Waals surface area contributed by atoms with Crippen molar-refractivity contribution in [3.8, 4) is 0 Å². The molecule has 72 valence electrons. The quantitative estimate of drug-likeness (QED) is 0.681. The van der Waals surface area contributed by atoms with Crippen LogP contribution in [-0.4, -0.2) is 17.8 Å². The first kappa shape index (κ1) is 11.8. The number of rotatable bonds is 3. The molecular formula is C9H18ClNO. The molecule has 0 radical (unpaired) electrons. The molecule has 0 aromatic carbocycles. The molecule has 0 aliphatic carbocycles. The number of hydrogen-bond acceptors (Lipinski definition) is 1. The van der Waals surface area contributed by atoms with Gasteiger partial charge in [0.15, 0.2) is 0 Å². The summed E-state index contributed by atoms with van der Waals surface area (Å²) in [5, 5.41) is 2.73. The fourth-order valence-electron chi connectivity index (χ4n) is 0.991. The molecule has 2 nitrogen and oxygen atoms in total. The molecule has 3 heteroatoms. The van der Waals surface area contributed by atoms with Crippen LogP contribution in [0.4, 0.5) is 0 Å². The summed E-state index contributed by atoms with van der Waals surface area (Å²) in [5.74, 6) is -0.0189. The monoisotopic (exact) mass is 191 g/mol. The maximum Gasteiger partial charge on any atom is 0.216 e. The largest absolute Gasteiger partial charge is 0.355 e. The van der Waals surface area contributed by atoms with Gasteiger partial charge in [0.2, 0.25) is 5.91 Å². The van der Waals surface area contributed by atoms with Crippen molar-refractivity contribution in [1.29, 1.82) is 0 Å². The van der Waals surface area contributed by atoms with E-state index < -0.39 is 0 Å². The number of alkyl halides is 1. The highest BCUT2D eigenvalue weighted by molar-refractivity contribution is 6.20. The molecule has 0 saturated heterocycles. The molecular weight excluding hydrogens is 174 g/mol. The Kier molecular flexibility index (Phi) is 4.61. The lowest BCUT2D eigenvalue weighted by molar-refractivity contribution is -0.118. The van der Waals surface area contributed by atoms with Crippen molar-refractivity contribution in [1.82, 2.24) is 5.32 Å². The fraction of sp³-hybridized carbons (Fsp3) is 0.889. The highest BCUT2D eigenvalue weighted by Crippen LogP contribution is 2.22. The maximum absolute atomic E-state index is 10.5. The zero-order chi connectivity index (χ0) is 9.78. The molecule has 0 fully saturated rings. The van der Waals surface area contributed by atoms with Gasteiger partial charge in [0.1, 0.15) is 0 Å². The molecule has 1 atom stereocenters. The first-order valence-electron chi connectivity index (χ1n) is 4.20. The summed E-state index contributed by atoms with van der Waals surface area (Å²) in [6.45, 7) is 8.47. The van der Waals surface area contributed by atoms with Crippen molar-refractivity contribution in [3.05, 3.63) is 0 Å². The molecule has 12 heavy (non-hydrogen) atoms. The molecule has 0 saturated carbocycles. The van der Waals surface area contributed by atoms with Crippen LogP contribution in [-0.2, 0) is 4.79 Å². The average molecular weight is 192 g/mol. The van der Waals surface area contributed by atoms with E-state index in [2.05, 4.69) is 26.1 Å². The van der Waals surface area contributed by atoms with Gasteiger partial charge in [-0.15, -0.1) is 11.6 Å². The predicted molar refractivity (Wildman–Crippen MR) is 52.4 cm³/mol. The van der Waals surface area contributed by atoms with Crippen molar-refractivity contribution >= 4 is 17.5 Å². The Hall–Kier alpha value is -0.240. The van der Waals surface area contributed by atoms with Gasteiger partial charge in [-0.2, -0.15) is 0 Å². The molecule has 0 aliphatic rings. The Bertz CT molecular complexity index is 151. The van der Waals surface area contributed by atoms with E-state index in [-0.39, 0.29) is 16.7 Å². The van der Waals surface area contributed by atoms with Crippen LogP contribution >= 0.6 is 11.6 Å². The van der Waals surface area contributed by atoms with Gasteiger partial charge in [0, 0.05) is 13.5 Å². The highest BCUT2D eigenvalue weighted by atomic mass is 35.5. The highest BCUT2D eigenvalue weighted by Gasteiger charge is 2.16. The van der Waals surface area contributed by atoms with Gasteiger partial charge >= 0.3 is 0 Å². The lowest BCUT2D eigenvalue weighted by Crippen LogP contribution is -2.29. The molecule has 0 aliphatic heterocycles. The molecule has 0 spiro atoms. The average Bonchev–Trinajstić information content (AvgIpc) is 1.79.